The summed E-state index contributed by atoms with van der Waals surface area (Å²) in [6.45, 7) is 1.89. The fraction of sp³-hybridized carbons (Fsp3) is 0.111. The van der Waals surface area contributed by atoms with Gasteiger partial charge in [-0.05, 0) is 52.7 Å². The lowest BCUT2D eigenvalue weighted by Gasteiger charge is -2.06. The Kier molecular flexibility index (Phi) is 4.66. The molecular formula is C18H13BrO5. The molecule has 5 nitrogen and oxygen atoms in total. The van der Waals surface area contributed by atoms with Crippen LogP contribution in [0.3, 0.4) is 0 Å². The largest absolute Gasteiger partial charge is 0.458 e. The summed E-state index contributed by atoms with van der Waals surface area (Å²) in [5.41, 5.74) is 1.58. The van der Waals surface area contributed by atoms with Gasteiger partial charge >= 0.3 is 11.6 Å². The van der Waals surface area contributed by atoms with Gasteiger partial charge in [-0.25, -0.2) is 9.59 Å². The molecule has 0 radical (unpaired) electrons. The van der Waals surface area contributed by atoms with Crippen molar-refractivity contribution >= 4 is 38.9 Å². The maximum Gasteiger partial charge on any atom is 0.336 e. The highest BCUT2D eigenvalue weighted by atomic mass is 79.9. The molecule has 0 aliphatic heterocycles. The van der Waals surface area contributed by atoms with Gasteiger partial charge in [0.05, 0.1) is 0 Å². The number of halogens is 1. The Morgan fingerprint density at radius 1 is 1.21 bits per heavy atom. The third kappa shape index (κ3) is 3.83. The first-order valence-electron chi connectivity index (χ1n) is 7.15. The molecule has 0 bridgehead atoms. The molecule has 2 aromatic heterocycles. The van der Waals surface area contributed by atoms with E-state index in [-0.39, 0.29) is 6.61 Å². The number of furan rings is 1. The van der Waals surface area contributed by atoms with E-state index in [0.717, 1.165) is 10.9 Å². The monoisotopic (exact) mass is 388 g/mol. The minimum Gasteiger partial charge on any atom is -0.458 e. The van der Waals surface area contributed by atoms with Gasteiger partial charge in [0.25, 0.3) is 0 Å². The smallest absolute Gasteiger partial charge is 0.336 e. The van der Waals surface area contributed by atoms with Gasteiger partial charge in [0, 0.05) is 23.1 Å². The molecule has 0 spiro atoms. The van der Waals surface area contributed by atoms with Crippen LogP contribution in [0.2, 0.25) is 0 Å². The van der Waals surface area contributed by atoms with Crippen molar-refractivity contribution < 1.29 is 18.4 Å². The van der Waals surface area contributed by atoms with E-state index in [1.807, 2.05) is 19.1 Å². The van der Waals surface area contributed by atoms with Crippen LogP contribution in [0.5, 0.6) is 0 Å². The highest BCUT2D eigenvalue weighted by molar-refractivity contribution is 9.10. The van der Waals surface area contributed by atoms with Gasteiger partial charge in [-0.2, -0.15) is 0 Å². The lowest BCUT2D eigenvalue weighted by molar-refractivity contribution is -0.138. The number of aryl methyl sites for hydroxylation is 1. The summed E-state index contributed by atoms with van der Waals surface area (Å²) in [6, 6.07) is 10.3. The van der Waals surface area contributed by atoms with Crippen molar-refractivity contribution in [2.45, 2.75) is 13.5 Å². The van der Waals surface area contributed by atoms with Crippen molar-refractivity contribution in [3.63, 3.8) is 0 Å². The Hall–Kier alpha value is -2.60. The van der Waals surface area contributed by atoms with Gasteiger partial charge < -0.3 is 13.6 Å². The van der Waals surface area contributed by atoms with Crippen molar-refractivity contribution in [1.82, 2.24) is 0 Å². The van der Waals surface area contributed by atoms with Crippen LogP contribution in [0.4, 0.5) is 0 Å². The minimum absolute atomic E-state index is 0.0177. The second-order valence-corrected chi connectivity index (χ2v) is 5.95. The number of carbonyl (C=O) groups is 1. The van der Waals surface area contributed by atoms with E-state index in [9.17, 15) is 9.59 Å². The SMILES string of the molecule is Cc1ccc2c(COC(=O)/C=C/c3ccc(Br)o3)cc(=O)oc2c1. The van der Waals surface area contributed by atoms with Crippen LogP contribution in [0.15, 0.2) is 60.8 Å². The Morgan fingerprint density at radius 2 is 2.04 bits per heavy atom. The minimum atomic E-state index is -0.531. The summed E-state index contributed by atoms with van der Waals surface area (Å²) >= 11 is 3.18. The first-order chi connectivity index (χ1) is 11.5. The number of hydrogen-bond donors (Lipinski definition) is 0. The van der Waals surface area contributed by atoms with Crippen LogP contribution in [0.25, 0.3) is 17.0 Å². The molecule has 0 atom stereocenters. The number of esters is 1. The Balaban J connectivity index is 1.74. The number of fused-ring (bicyclic) bond motifs is 1. The number of hydrogen-bond acceptors (Lipinski definition) is 5. The standard InChI is InChI=1S/C18H13BrO5/c1-11-2-5-14-12(9-18(21)24-15(14)8-11)10-22-17(20)7-4-13-3-6-16(19)23-13/h2-9H,10H2,1H3/b7-4+. The molecule has 0 aliphatic carbocycles. The van der Waals surface area contributed by atoms with Crippen LogP contribution in [-0.4, -0.2) is 5.97 Å². The van der Waals surface area contributed by atoms with Crippen molar-refractivity contribution in [2.24, 2.45) is 0 Å². The summed E-state index contributed by atoms with van der Waals surface area (Å²) in [5, 5.41) is 0.743. The fourth-order valence-corrected chi connectivity index (χ4v) is 2.54. The Labute approximate surface area is 145 Å². The molecule has 122 valence electrons. The Bertz CT molecular complexity index is 980. The number of benzene rings is 1. The van der Waals surface area contributed by atoms with E-state index in [2.05, 4.69) is 15.9 Å². The lowest BCUT2D eigenvalue weighted by atomic mass is 10.1. The number of rotatable bonds is 4. The van der Waals surface area contributed by atoms with E-state index >= 15 is 0 Å². The molecule has 0 aliphatic rings. The van der Waals surface area contributed by atoms with Gasteiger partial charge in [-0.15, -0.1) is 0 Å². The molecule has 3 rings (SSSR count). The first kappa shape index (κ1) is 16.3. The molecule has 6 heteroatoms. The predicted octanol–water partition coefficient (Wildman–Crippen LogP) is 4.21. The average molecular weight is 389 g/mol. The van der Waals surface area contributed by atoms with E-state index in [1.54, 1.807) is 18.2 Å². The molecule has 0 unspecified atom stereocenters. The summed E-state index contributed by atoms with van der Waals surface area (Å²) in [5.74, 6) is -0.00358. The number of ether oxygens (including phenoxy) is 1. The zero-order valence-corrected chi connectivity index (χ0v) is 14.3. The van der Waals surface area contributed by atoms with Gasteiger partial charge in [0.2, 0.25) is 0 Å². The summed E-state index contributed by atoms with van der Waals surface area (Å²) in [7, 11) is 0. The molecule has 0 amide bonds. The molecular weight excluding hydrogens is 376 g/mol. The van der Waals surface area contributed by atoms with Crippen LogP contribution < -0.4 is 5.63 Å². The van der Waals surface area contributed by atoms with Crippen molar-refractivity contribution in [3.05, 3.63) is 74.5 Å². The van der Waals surface area contributed by atoms with Crippen LogP contribution in [0, 0.1) is 6.92 Å². The van der Waals surface area contributed by atoms with E-state index in [4.69, 9.17) is 13.6 Å². The second kappa shape index (κ2) is 6.88. The van der Waals surface area contributed by atoms with Crippen LogP contribution in [0.1, 0.15) is 16.9 Å². The molecule has 0 saturated carbocycles. The predicted molar refractivity (Wildman–Crippen MR) is 92.5 cm³/mol. The molecule has 0 fully saturated rings. The van der Waals surface area contributed by atoms with Crippen molar-refractivity contribution in [2.75, 3.05) is 0 Å². The zero-order valence-electron chi connectivity index (χ0n) is 12.7. The molecule has 3 aromatic rings. The second-order valence-electron chi connectivity index (χ2n) is 5.17. The maximum absolute atomic E-state index is 11.8. The van der Waals surface area contributed by atoms with Crippen LogP contribution >= 0.6 is 15.9 Å². The summed E-state index contributed by atoms with van der Waals surface area (Å²) in [6.07, 6.45) is 2.77. The molecule has 1 aromatic carbocycles. The molecule has 24 heavy (non-hydrogen) atoms. The highest BCUT2D eigenvalue weighted by Gasteiger charge is 2.08. The van der Waals surface area contributed by atoms with Gasteiger partial charge in [0.15, 0.2) is 4.67 Å². The van der Waals surface area contributed by atoms with Crippen LogP contribution in [-0.2, 0) is 16.1 Å². The molecule has 0 saturated heterocycles. The topological polar surface area (TPSA) is 69.7 Å². The van der Waals surface area contributed by atoms with Crippen molar-refractivity contribution in [3.8, 4) is 0 Å². The van der Waals surface area contributed by atoms with E-state index in [1.165, 1.54) is 18.2 Å². The third-order valence-corrected chi connectivity index (χ3v) is 3.76. The highest BCUT2D eigenvalue weighted by Crippen LogP contribution is 2.19. The first-order valence-corrected chi connectivity index (χ1v) is 7.94. The van der Waals surface area contributed by atoms with E-state index < -0.39 is 11.6 Å². The number of carbonyl (C=O) groups excluding carboxylic acids is 1. The normalized spacial score (nSPS) is 11.2. The summed E-state index contributed by atoms with van der Waals surface area (Å²) in [4.78, 5) is 23.4. The van der Waals surface area contributed by atoms with Crippen molar-refractivity contribution in [1.29, 1.82) is 0 Å². The maximum atomic E-state index is 11.8. The molecule has 0 N–H and O–H groups in total. The Morgan fingerprint density at radius 3 is 2.79 bits per heavy atom. The van der Waals surface area contributed by atoms with Gasteiger partial charge in [-0.3, -0.25) is 0 Å². The van der Waals surface area contributed by atoms with Gasteiger partial charge in [0.1, 0.15) is 18.0 Å². The average Bonchev–Trinajstić information content (AvgIpc) is 2.95. The third-order valence-electron chi connectivity index (χ3n) is 3.33. The fourth-order valence-electron chi connectivity index (χ4n) is 2.22. The zero-order chi connectivity index (χ0) is 17.1. The van der Waals surface area contributed by atoms with Gasteiger partial charge in [-0.1, -0.05) is 12.1 Å². The quantitative estimate of drug-likeness (QED) is 0.380. The summed E-state index contributed by atoms with van der Waals surface area (Å²) < 4.78 is 16.2. The molecule has 2 heterocycles. The lowest BCUT2D eigenvalue weighted by Crippen LogP contribution is -2.05. The van der Waals surface area contributed by atoms with E-state index in [0.29, 0.717) is 21.6 Å².